The molecule has 0 saturated heterocycles. The third kappa shape index (κ3) is 2.23. The van der Waals surface area contributed by atoms with Gasteiger partial charge in [-0.15, -0.1) is 11.3 Å². The molecule has 0 radical (unpaired) electrons. The Kier molecular flexibility index (Phi) is 3.00. The molecule has 0 saturated carbocycles. The van der Waals surface area contributed by atoms with Crippen LogP contribution < -0.4 is 0 Å². The summed E-state index contributed by atoms with van der Waals surface area (Å²) in [5, 5.41) is 2.03. The van der Waals surface area contributed by atoms with E-state index in [2.05, 4.69) is 21.0 Å². The number of rotatable bonds is 1. The van der Waals surface area contributed by atoms with Crippen molar-refractivity contribution in [3.8, 4) is 11.4 Å². The van der Waals surface area contributed by atoms with E-state index in [0.29, 0.717) is 17.8 Å². The second-order valence-corrected chi connectivity index (χ2v) is 6.16. The Bertz CT molecular complexity index is 840. The maximum atomic E-state index is 12.0. The van der Waals surface area contributed by atoms with E-state index in [9.17, 15) is 4.79 Å². The van der Waals surface area contributed by atoms with Crippen molar-refractivity contribution in [3.63, 3.8) is 0 Å². The number of carbonyl (C=O) groups excluding carboxylic acids is 1. The maximum Gasteiger partial charge on any atom is 0.166 e. The zero-order chi connectivity index (χ0) is 14.2. The molecule has 21 heavy (non-hydrogen) atoms. The van der Waals surface area contributed by atoms with Gasteiger partial charge < -0.3 is 0 Å². The summed E-state index contributed by atoms with van der Waals surface area (Å²) in [7, 11) is 0. The smallest absolute Gasteiger partial charge is 0.166 e. The predicted molar refractivity (Wildman–Crippen MR) is 82.5 cm³/mol. The van der Waals surface area contributed by atoms with Crippen LogP contribution in [0.3, 0.4) is 0 Å². The number of aromatic nitrogens is 3. The Balaban J connectivity index is 1.81. The Labute approximate surface area is 125 Å². The van der Waals surface area contributed by atoms with E-state index in [4.69, 9.17) is 0 Å². The van der Waals surface area contributed by atoms with Crippen LogP contribution in [0.1, 0.15) is 35.3 Å². The standard InChI is InChI=1S/C16H13N3OS/c20-14-4-2-1-3-12-11(14)9-18-16(19-12)10-7-15-13(17-8-10)5-6-21-15/h5-9H,1-4H2. The topological polar surface area (TPSA) is 55.7 Å². The third-order valence-electron chi connectivity index (χ3n) is 3.80. The fraction of sp³-hybridized carbons (Fsp3) is 0.250. The van der Waals surface area contributed by atoms with Crippen molar-refractivity contribution in [1.82, 2.24) is 15.0 Å². The van der Waals surface area contributed by atoms with Crippen LogP contribution in [-0.4, -0.2) is 20.7 Å². The van der Waals surface area contributed by atoms with Crippen LogP contribution in [0.2, 0.25) is 0 Å². The van der Waals surface area contributed by atoms with Crippen LogP contribution >= 0.6 is 11.3 Å². The van der Waals surface area contributed by atoms with Gasteiger partial charge in [0.1, 0.15) is 0 Å². The Morgan fingerprint density at radius 1 is 1.10 bits per heavy atom. The number of ketones is 1. The Morgan fingerprint density at radius 3 is 2.95 bits per heavy atom. The highest BCUT2D eigenvalue weighted by Gasteiger charge is 2.18. The van der Waals surface area contributed by atoms with Gasteiger partial charge in [-0.3, -0.25) is 9.78 Å². The van der Waals surface area contributed by atoms with Gasteiger partial charge in [0.25, 0.3) is 0 Å². The van der Waals surface area contributed by atoms with Crippen molar-refractivity contribution >= 4 is 27.3 Å². The number of pyridine rings is 1. The molecule has 0 amide bonds. The molecule has 0 atom stereocenters. The molecule has 0 spiro atoms. The van der Waals surface area contributed by atoms with Gasteiger partial charge in [0.2, 0.25) is 0 Å². The highest BCUT2D eigenvalue weighted by atomic mass is 32.1. The van der Waals surface area contributed by atoms with Gasteiger partial charge >= 0.3 is 0 Å². The minimum Gasteiger partial charge on any atom is -0.294 e. The molecule has 3 heterocycles. The van der Waals surface area contributed by atoms with E-state index in [-0.39, 0.29) is 5.78 Å². The highest BCUT2D eigenvalue weighted by Crippen LogP contribution is 2.25. The van der Waals surface area contributed by atoms with Crippen molar-refractivity contribution in [2.24, 2.45) is 0 Å². The molecule has 5 heteroatoms. The van der Waals surface area contributed by atoms with Gasteiger partial charge in [0.15, 0.2) is 11.6 Å². The summed E-state index contributed by atoms with van der Waals surface area (Å²) in [5.41, 5.74) is 3.48. The first-order valence-corrected chi connectivity index (χ1v) is 7.92. The fourth-order valence-electron chi connectivity index (χ4n) is 2.66. The van der Waals surface area contributed by atoms with E-state index < -0.39 is 0 Å². The molecule has 0 aromatic carbocycles. The zero-order valence-corrected chi connectivity index (χ0v) is 12.2. The molecule has 0 aliphatic heterocycles. The van der Waals surface area contributed by atoms with E-state index in [1.807, 2.05) is 11.4 Å². The SMILES string of the molecule is O=C1CCCCc2nc(-c3cnc4ccsc4c3)ncc21. The number of fused-ring (bicyclic) bond motifs is 2. The van der Waals surface area contributed by atoms with E-state index in [1.165, 1.54) is 0 Å². The molecule has 3 aromatic heterocycles. The number of aryl methyl sites for hydroxylation is 1. The molecule has 0 N–H and O–H groups in total. The van der Waals surface area contributed by atoms with Crippen molar-refractivity contribution in [3.05, 3.63) is 41.2 Å². The molecule has 0 fully saturated rings. The maximum absolute atomic E-state index is 12.0. The number of hydrogen-bond acceptors (Lipinski definition) is 5. The Morgan fingerprint density at radius 2 is 2.00 bits per heavy atom. The number of thiophene rings is 1. The molecule has 3 aromatic rings. The summed E-state index contributed by atoms with van der Waals surface area (Å²) in [5.74, 6) is 0.826. The van der Waals surface area contributed by atoms with Gasteiger partial charge in [-0.05, 0) is 36.8 Å². The molecule has 4 nitrogen and oxygen atoms in total. The largest absolute Gasteiger partial charge is 0.294 e. The van der Waals surface area contributed by atoms with Gasteiger partial charge in [-0.1, -0.05) is 0 Å². The van der Waals surface area contributed by atoms with Crippen molar-refractivity contribution < 1.29 is 4.79 Å². The first kappa shape index (κ1) is 12.6. The van der Waals surface area contributed by atoms with Crippen LogP contribution in [0.4, 0.5) is 0 Å². The van der Waals surface area contributed by atoms with E-state index in [0.717, 1.165) is 40.7 Å². The summed E-state index contributed by atoms with van der Waals surface area (Å²) in [6, 6.07) is 4.06. The molecular formula is C16H13N3OS. The zero-order valence-electron chi connectivity index (χ0n) is 11.4. The van der Waals surface area contributed by atoms with Gasteiger partial charge in [0.05, 0.1) is 21.5 Å². The summed E-state index contributed by atoms with van der Waals surface area (Å²) >= 11 is 1.66. The minimum atomic E-state index is 0.167. The quantitative estimate of drug-likeness (QED) is 0.643. The third-order valence-corrected chi connectivity index (χ3v) is 4.65. The summed E-state index contributed by atoms with van der Waals surface area (Å²) in [6.07, 6.45) is 6.90. The minimum absolute atomic E-state index is 0.167. The van der Waals surface area contributed by atoms with Crippen LogP contribution in [0, 0.1) is 0 Å². The molecule has 104 valence electrons. The van der Waals surface area contributed by atoms with E-state index in [1.54, 1.807) is 23.7 Å². The lowest BCUT2D eigenvalue weighted by molar-refractivity contribution is 0.0981. The normalized spacial score (nSPS) is 15.0. The van der Waals surface area contributed by atoms with Crippen molar-refractivity contribution in [2.45, 2.75) is 25.7 Å². The van der Waals surface area contributed by atoms with E-state index >= 15 is 0 Å². The average molecular weight is 295 g/mol. The molecule has 1 aliphatic rings. The number of hydrogen-bond donors (Lipinski definition) is 0. The average Bonchev–Trinajstić information content (AvgIpc) is 2.90. The highest BCUT2D eigenvalue weighted by molar-refractivity contribution is 7.17. The van der Waals surface area contributed by atoms with Gasteiger partial charge in [-0.2, -0.15) is 0 Å². The number of carbonyl (C=O) groups is 1. The van der Waals surface area contributed by atoms with Crippen LogP contribution in [0.25, 0.3) is 21.6 Å². The van der Waals surface area contributed by atoms with Crippen LogP contribution in [-0.2, 0) is 6.42 Å². The lowest BCUT2D eigenvalue weighted by atomic mass is 10.1. The monoisotopic (exact) mass is 295 g/mol. The Hall–Kier alpha value is -2.14. The molecule has 0 bridgehead atoms. The van der Waals surface area contributed by atoms with Crippen LogP contribution in [0.5, 0.6) is 0 Å². The molecule has 0 unspecified atom stereocenters. The van der Waals surface area contributed by atoms with Crippen molar-refractivity contribution in [1.29, 1.82) is 0 Å². The lowest BCUT2D eigenvalue weighted by Crippen LogP contribution is -2.05. The van der Waals surface area contributed by atoms with Gasteiger partial charge in [0, 0.05) is 24.4 Å². The summed E-state index contributed by atoms with van der Waals surface area (Å²) in [6.45, 7) is 0. The summed E-state index contributed by atoms with van der Waals surface area (Å²) in [4.78, 5) is 25.4. The molecule has 1 aliphatic carbocycles. The molecular weight excluding hydrogens is 282 g/mol. The fourth-order valence-corrected chi connectivity index (χ4v) is 3.44. The number of nitrogens with zero attached hydrogens (tertiary/aromatic N) is 3. The first-order chi connectivity index (χ1) is 10.3. The van der Waals surface area contributed by atoms with Gasteiger partial charge in [-0.25, -0.2) is 9.97 Å². The first-order valence-electron chi connectivity index (χ1n) is 7.04. The lowest BCUT2D eigenvalue weighted by Gasteiger charge is -2.06. The summed E-state index contributed by atoms with van der Waals surface area (Å²) < 4.78 is 1.13. The van der Waals surface area contributed by atoms with Crippen molar-refractivity contribution in [2.75, 3.05) is 0 Å². The predicted octanol–water partition coefficient (Wildman–Crippen LogP) is 3.66. The second kappa shape index (κ2) is 5.00. The molecule has 4 rings (SSSR count). The van der Waals surface area contributed by atoms with Crippen LogP contribution in [0.15, 0.2) is 29.9 Å². The number of Topliss-reactive ketones (excluding diaryl/α,β-unsaturated/α-hetero) is 1. The second-order valence-electron chi connectivity index (χ2n) is 5.21.